The Balaban J connectivity index is 0.000000123. The van der Waals surface area contributed by atoms with Crippen LogP contribution in [-0.2, 0) is 10.8 Å². The molecule has 0 spiro atoms. The first-order valence-electron chi connectivity index (χ1n) is 36.8. The van der Waals surface area contributed by atoms with Crippen LogP contribution in [0.1, 0.15) is 58.2 Å². The van der Waals surface area contributed by atoms with Crippen LogP contribution in [0, 0.1) is 0 Å². The van der Waals surface area contributed by atoms with Crippen LogP contribution >= 0.6 is 15.9 Å². The third-order valence-electron chi connectivity index (χ3n) is 19.6. The maximum absolute atomic E-state index is 10.0. The van der Waals surface area contributed by atoms with Crippen molar-refractivity contribution in [1.29, 1.82) is 0 Å². The smallest absolute Gasteiger partial charge is 0.456 e. The zero-order valence-electron chi connectivity index (χ0n) is 61.2. The maximum atomic E-state index is 10.0. The zero-order valence-corrected chi connectivity index (χ0v) is 52.8. The molecule has 452 valence electrons. The van der Waals surface area contributed by atoms with Gasteiger partial charge < -0.3 is 18.9 Å². The van der Waals surface area contributed by atoms with Gasteiger partial charge in [-0.15, -0.1) is 0 Å². The third-order valence-corrected chi connectivity index (χ3v) is 20.0. The van der Waals surface area contributed by atoms with Crippen LogP contribution in [-0.4, -0.2) is 17.2 Å². The third kappa shape index (κ3) is 8.63. The first-order chi connectivity index (χ1) is 51.5. The van der Waals surface area contributed by atoms with Gasteiger partial charge >= 0.3 is 7.12 Å². The van der Waals surface area contributed by atoms with Crippen LogP contribution in [0.5, 0.6) is 0 Å². The fourth-order valence-electron chi connectivity index (χ4n) is 16.0. The lowest BCUT2D eigenvalue weighted by Crippen LogP contribution is -2.31. The Labute approximate surface area is 577 Å². The van der Waals surface area contributed by atoms with E-state index in [1.165, 1.54) is 49.7 Å². The molecule has 0 saturated heterocycles. The van der Waals surface area contributed by atoms with Crippen LogP contribution in [0.25, 0.3) is 120 Å². The van der Waals surface area contributed by atoms with Crippen molar-refractivity contribution in [2.45, 2.75) is 10.8 Å². The summed E-state index contributed by atoms with van der Waals surface area (Å²) in [5.74, 6) is 0. The van der Waals surface area contributed by atoms with Crippen molar-refractivity contribution in [1.82, 2.24) is 0 Å². The molecule has 0 aliphatic heterocycles. The van der Waals surface area contributed by atoms with Crippen LogP contribution in [0.4, 0.5) is 0 Å². The number of rotatable bonds is 8. The maximum Gasteiger partial charge on any atom is 0.489 e. The number of hydrogen-bond acceptors (Lipinski definition) is 4. The van der Waals surface area contributed by atoms with E-state index in [9.17, 15) is 10.0 Å². The average Bonchev–Trinajstić information content (AvgIpc) is 1.51. The van der Waals surface area contributed by atoms with Crippen molar-refractivity contribution < 1.29 is 32.6 Å². The molecule has 2 heterocycles. The van der Waals surface area contributed by atoms with Crippen LogP contribution < -0.4 is 5.46 Å². The molecule has 2 aliphatic rings. The molecule has 0 saturated carbocycles. The summed E-state index contributed by atoms with van der Waals surface area (Å²) < 4.78 is 97.7. The number of furan rings is 2. The van der Waals surface area contributed by atoms with Crippen molar-refractivity contribution in [3.8, 4) is 33.4 Å². The first kappa shape index (κ1) is 47.5. The van der Waals surface area contributed by atoms with Gasteiger partial charge in [0.05, 0.1) is 24.5 Å². The summed E-state index contributed by atoms with van der Waals surface area (Å²) in [5, 5.41) is 30.5. The van der Waals surface area contributed by atoms with E-state index in [0.717, 1.165) is 75.8 Å². The molecule has 0 atom stereocenters. The lowest BCUT2D eigenvalue weighted by molar-refractivity contribution is 0.426. The largest absolute Gasteiger partial charge is 0.489 e. The topological polar surface area (TPSA) is 66.7 Å². The Morgan fingerprint density at radius 3 is 0.979 bits per heavy atom. The average molecular weight is 1300 g/mol. The Hall–Kier alpha value is -11.4. The standard InChI is InChI=1S/C45H28O.C25H15BrO.C20H15BO2/c1-4-15-29(16-5-1)41-33-21-10-12-23-35(33)42(36-24-13-11-22-34(36)41)30-27-38-44-40(28-30)46-39-26-14-25-37(43(39)44)45(38,31-17-6-2-7-18-31)32-19-8-3-9-20-32;26-18-14-20-24-22(15-18)27-21-13-7-12-19(23(21)24)25(20,16-8-3-1-4-9-16)17-10-5-2-6-11-17;22-21(23)20-17-12-6-4-10-15(17)19(14-8-2-1-3-9-14)16-11-5-7-13-18(16)20/h1-28H;1-15H;1-13,22-23H/i1D,4D,5D,15D,16D;;1D,2D,3D,8D,9D. The molecule has 2 N–H and O–H groups in total. The number of halogens is 1. The molecule has 16 aromatic carbocycles. The Morgan fingerprint density at radius 2 is 0.604 bits per heavy atom. The van der Waals surface area contributed by atoms with Gasteiger partial charge in [-0.3, -0.25) is 0 Å². The summed E-state index contributed by atoms with van der Waals surface area (Å²) in [7, 11) is -1.72. The number of fused-ring (bicyclic) bond motifs is 4. The molecule has 0 radical (unpaired) electrons. The highest BCUT2D eigenvalue weighted by Crippen LogP contribution is 2.60. The summed E-state index contributed by atoms with van der Waals surface area (Å²) in [4.78, 5) is 0. The Morgan fingerprint density at radius 1 is 0.292 bits per heavy atom. The molecule has 18 aromatic rings. The second kappa shape index (κ2) is 23.0. The van der Waals surface area contributed by atoms with Gasteiger partial charge in [-0.1, -0.05) is 319 Å². The van der Waals surface area contributed by atoms with Gasteiger partial charge in [0, 0.05) is 26.0 Å². The van der Waals surface area contributed by atoms with Gasteiger partial charge in [0.15, 0.2) is 0 Å². The molecule has 20 rings (SSSR count). The fourth-order valence-corrected chi connectivity index (χ4v) is 16.4. The predicted molar refractivity (Wildman–Crippen MR) is 401 cm³/mol. The van der Waals surface area contributed by atoms with Gasteiger partial charge in [-0.25, -0.2) is 0 Å². The summed E-state index contributed by atoms with van der Waals surface area (Å²) in [6.45, 7) is 0. The van der Waals surface area contributed by atoms with Gasteiger partial charge in [0.25, 0.3) is 0 Å². The molecule has 0 fully saturated rings. The molecular weight excluding hydrogens is 1240 g/mol. The van der Waals surface area contributed by atoms with Crippen molar-refractivity contribution >= 4 is 115 Å². The molecule has 2 aromatic heterocycles. The minimum Gasteiger partial charge on any atom is -0.456 e. The second-order valence-corrected chi connectivity index (χ2v) is 25.3. The van der Waals surface area contributed by atoms with Gasteiger partial charge in [-0.05, 0) is 163 Å². The van der Waals surface area contributed by atoms with E-state index in [-0.39, 0.29) is 52.8 Å². The van der Waals surface area contributed by atoms with E-state index in [1.807, 2.05) is 42.5 Å². The molecule has 0 amide bonds. The summed E-state index contributed by atoms with van der Waals surface area (Å²) >= 11 is 3.72. The van der Waals surface area contributed by atoms with Gasteiger partial charge in [-0.2, -0.15) is 0 Å². The highest BCUT2D eigenvalue weighted by Gasteiger charge is 2.48. The van der Waals surface area contributed by atoms with E-state index < -0.39 is 36.7 Å². The molecule has 0 unspecified atom stereocenters. The second-order valence-electron chi connectivity index (χ2n) is 24.3. The Bertz CT molecular complexity index is 6460. The van der Waals surface area contributed by atoms with E-state index in [2.05, 4.69) is 204 Å². The van der Waals surface area contributed by atoms with Crippen LogP contribution in [0.15, 0.2) is 353 Å². The van der Waals surface area contributed by atoms with E-state index in [1.54, 1.807) is 48.5 Å². The number of hydrogen-bond donors (Lipinski definition) is 2. The molecular formula is C90H58BBrO4. The minimum absolute atomic E-state index is 0.0948. The van der Waals surface area contributed by atoms with Crippen LogP contribution in [0.3, 0.4) is 0 Å². The fraction of sp³-hybridized carbons (Fsp3) is 0.0222. The normalized spacial score (nSPS) is 14.6. The zero-order chi connectivity index (χ0) is 72.8. The predicted octanol–water partition coefficient (Wildman–Crippen LogP) is 22.3. The van der Waals surface area contributed by atoms with E-state index >= 15 is 0 Å². The molecule has 2 aliphatic carbocycles. The van der Waals surface area contributed by atoms with Crippen molar-refractivity contribution in [2.24, 2.45) is 0 Å². The van der Waals surface area contributed by atoms with Gasteiger partial charge in [0.1, 0.15) is 22.3 Å². The summed E-state index contributed by atoms with van der Waals surface area (Å²) in [5.41, 5.74) is 16.1. The monoisotopic (exact) mass is 1300 g/mol. The molecule has 6 heteroatoms. The lowest BCUT2D eigenvalue weighted by atomic mass is 9.67. The highest BCUT2D eigenvalue weighted by atomic mass is 79.9. The highest BCUT2D eigenvalue weighted by molar-refractivity contribution is 9.10. The summed E-state index contributed by atoms with van der Waals surface area (Å²) in [6.07, 6.45) is 0. The lowest BCUT2D eigenvalue weighted by Gasteiger charge is -2.34. The van der Waals surface area contributed by atoms with Gasteiger partial charge in [0.2, 0.25) is 0 Å². The van der Waals surface area contributed by atoms with Crippen molar-refractivity contribution in [3.05, 3.63) is 388 Å². The molecule has 0 bridgehead atoms. The molecule has 4 nitrogen and oxygen atoms in total. The van der Waals surface area contributed by atoms with Crippen LogP contribution in [0.2, 0.25) is 0 Å². The first-order valence-corrected chi connectivity index (χ1v) is 32.6. The van der Waals surface area contributed by atoms with Crippen molar-refractivity contribution in [2.75, 3.05) is 0 Å². The van der Waals surface area contributed by atoms with E-state index in [4.69, 9.17) is 22.5 Å². The SMILES string of the molecule is Brc1cc2c3c(c1)oc1cccc(c13)C2(c1ccccc1)c1ccccc1.[2H]c1c([2H])c([2H])c(-c2c3ccccc3c(-c3cc4c5c(c3)oc3cccc(c35)C4(c3ccccc3)c3ccccc3)c3ccccc23)c([2H])c1[2H].[2H]c1c([2H])c([2H])c(-c2c3ccccc3c(B(O)O)c3ccccc23)c([2H])c1[2H]. The quantitative estimate of drug-likeness (QED) is 0.118. The Kier molecular flexibility index (Phi) is 11.4. The number of benzene rings is 16. The van der Waals surface area contributed by atoms with Crippen molar-refractivity contribution in [3.63, 3.8) is 0 Å². The summed E-state index contributed by atoms with van der Waals surface area (Å²) in [6, 6.07) is 91.3. The minimum atomic E-state index is -1.72. The molecule has 96 heavy (non-hydrogen) atoms. The van der Waals surface area contributed by atoms with E-state index in [0.29, 0.717) is 38.1 Å².